The Balaban J connectivity index is 1.67. The summed E-state index contributed by atoms with van der Waals surface area (Å²) in [4.78, 5) is 14.8. The van der Waals surface area contributed by atoms with E-state index in [1.165, 1.54) is 22.3 Å². The predicted octanol–water partition coefficient (Wildman–Crippen LogP) is 4.33. The van der Waals surface area contributed by atoms with Gasteiger partial charge in [-0.15, -0.1) is 0 Å². The number of nitrogens with zero attached hydrogens (tertiary/aromatic N) is 2. The molecular formula is C16H18N4S2. The molecule has 3 aromatic rings. The number of aromatic amines is 2. The van der Waals surface area contributed by atoms with Crippen molar-refractivity contribution in [1.29, 1.82) is 0 Å². The number of nitrogens with one attached hydrogen (secondary N) is 2. The van der Waals surface area contributed by atoms with Crippen molar-refractivity contribution in [2.24, 2.45) is 0 Å². The van der Waals surface area contributed by atoms with Gasteiger partial charge < -0.3 is 9.97 Å². The van der Waals surface area contributed by atoms with Gasteiger partial charge in [0.25, 0.3) is 0 Å². The molecule has 2 aromatic heterocycles. The summed E-state index contributed by atoms with van der Waals surface area (Å²) >= 11 is 3.47. The Kier molecular flexibility index (Phi) is 4.90. The molecule has 22 heavy (non-hydrogen) atoms. The van der Waals surface area contributed by atoms with Crippen LogP contribution in [0.1, 0.15) is 22.3 Å². The molecule has 0 saturated carbocycles. The molecule has 0 radical (unpaired) electrons. The molecule has 6 heteroatoms. The summed E-state index contributed by atoms with van der Waals surface area (Å²) in [7, 11) is 0. The van der Waals surface area contributed by atoms with Crippen molar-refractivity contribution in [2.45, 2.75) is 35.7 Å². The first-order valence-electron chi connectivity index (χ1n) is 7.06. The molecule has 0 atom stereocenters. The standard InChI is InChI=1S/C16H18N4S2/c1-11-7-14(10-22-16-19-5-6-20-16)12(2)8-13(11)9-21-15-17-3-4-18-15/h3-8H,9-10H2,1-2H3,(H,17,18)(H,19,20). The van der Waals surface area contributed by atoms with E-state index < -0.39 is 0 Å². The van der Waals surface area contributed by atoms with E-state index in [1.54, 1.807) is 35.9 Å². The zero-order valence-corrected chi connectivity index (χ0v) is 14.2. The maximum absolute atomic E-state index is 4.25. The summed E-state index contributed by atoms with van der Waals surface area (Å²) in [6.45, 7) is 4.36. The van der Waals surface area contributed by atoms with Crippen LogP contribution in [0.2, 0.25) is 0 Å². The van der Waals surface area contributed by atoms with E-state index >= 15 is 0 Å². The fourth-order valence-electron chi connectivity index (χ4n) is 2.20. The van der Waals surface area contributed by atoms with E-state index in [0.717, 1.165) is 21.8 Å². The van der Waals surface area contributed by atoms with Crippen LogP contribution in [-0.2, 0) is 11.5 Å². The highest BCUT2D eigenvalue weighted by atomic mass is 32.2. The van der Waals surface area contributed by atoms with Crippen LogP contribution in [0.25, 0.3) is 0 Å². The fraction of sp³-hybridized carbons (Fsp3) is 0.250. The second kappa shape index (κ2) is 7.07. The largest absolute Gasteiger partial charge is 0.340 e. The summed E-state index contributed by atoms with van der Waals surface area (Å²) in [6, 6.07) is 4.59. The van der Waals surface area contributed by atoms with Gasteiger partial charge in [-0.2, -0.15) is 0 Å². The van der Waals surface area contributed by atoms with Gasteiger partial charge in [-0.05, 0) is 36.1 Å². The van der Waals surface area contributed by atoms with Gasteiger partial charge in [0, 0.05) is 36.3 Å². The highest BCUT2D eigenvalue weighted by Gasteiger charge is 2.07. The van der Waals surface area contributed by atoms with E-state index in [-0.39, 0.29) is 0 Å². The van der Waals surface area contributed by atoms with Gasteiger partial charge in [-0.25, -0.2) is 9.97 Å². The topological polar surface area (TPSA) is 57.4 Å². The summed E-state index contributed by atoms with van der Waals surface area (Å²) in [5.74, 6) is 1.87. The summed E-state index contributed by atoms with van der Waals surface area (Å²) < 4.78 is 0. The second-order valence-corrected chi connectivity index (χ2v) is 7.00. The predicted molar refractivity (Wildman–Crippen MR) is 92.2 cm³/mol. The molecule has 0 aliphatic heterocycles. The minimum absolute atomic E-state index is 0.936. The minimum Gasteiger partial charge on any atom is -0.340 e. The van der Waals surface area contributed by atoms with Crippen LogP contribution in [0.3, 0.4) is 0 Å². The molecule has 3 rings (SSSR count). The number of H-pyrrole nitrogens is 2. The molecule has 0 spiro atoms. The van der Waals surface area contributed by atoms with Gasteiger partial charge in [0.2, 0.25) is 0 Å². The van der Waals surface area contributed by atoms with Crippen molar-refractivity contribution in [3.8, 4) is 0 Å². The average Bonchev–Trinajstić information content (AvgIpc) is 3.19. The van der Waals surface area contributed by atoms with Crippen molar-refractivity contribution in [3.05, 3.63) is 59.2 Å². The first kappa shape index (κ1) is 15.2. The Morgan fingerprint density at radius 3 is 1.64 bits per heavy atom. The van der Waals surface area contributed by atoms with Crippen molar-refractivity contribution >= 4 is 23.5 Å². The van der Waals surface area contributed by atoms with Crippen molar-refractivity contribution in [2.75, 3.05) is 0 Å². The van der Waals surface area contributed by atoms with E-state index in [0.29, 0.717) is 0 Å². The summed E-state index contributed by atoms with van der Waals surface area (Å²) in [5, 5.41) is 1.93. The third-order valence-corrected chi connectivity index (χ3v) is 5.37. The number of thioether (sulfide) groups is 2. The second-order valence-electron chi connectivity index (χ2n) is 5.07. The van der Waals surface area contributed by atoms with Gasteiger partial charge in [-0.3, -0.25) is 0 Å². The molecule has 0 aliphatic rings. The maximum Gasteiger partial charge on any atom is 0.165 e. The van der Waals surface area contributed by atoms with Crippen LogP contribution in [0.5, 0.6) is 0 Å². The van der Waals surface area contributed by atoms with Gasteiger partial charge in [0.15, 0.2) is 10.3 Å². The number of aryl methyl sites for hydroxylation is 2. The van der Waals surface area contributed by atoms with E-state index in [2.05, 4.69) is 45.9 Å². The van der Waals surface area contributed by atoms with Crippen LogP contribution in [-0.4, -0.2) is 19.9 Å². The van der Waals surface area contributed by atoms with Crippen molar-refractivity contribution in [1.82, 2.24) is 19.9 Å². The van der Waals surface area contributed by atoms with Gasteiger partial charge in [0.05, 0.1) is 0 Å². The number of imidazole rings is 2. The smallest absolute Gasteiger partial charge is 0.165 e. The monoisotopic (exact) mass is 330 g/mol. The lowest BCUT2D eigenvalue weighted by Crippen LogP contribution is -1.94. The molecule has 0 unspecified atom stereocenters. The van der Waals surface area contributed by atoms with Crippen molar-refractivity contribution < 1.29 is 0 Å². The van der Waals surface area contributed by atoms with Crippen LogP contribution < -0.4 is 0 Å². The lowest BCUT2D eigenvalue weighted by Gasteiger charge is -2.11. The number of rotatable bonds is 6. The van der Waals surface area contributed by atoms with Crippen LogP contribution >= 0.6 is 23.5 Å². The summed E-state index contributed by atoms with van der Waals surface area (Å²) in [5.41, 5.74) is 5.40. The Morgan fingerprint density at radius 1 is 0.818 bits per heavy atom. The Bertz CT molecular complexity index is 657. The molecule has 2 N–H and O–H groups in total. The lowest BCUT2D eigenvalue weighted by molar-refractivity contribution is 1.05. The van der Waals surface area contributed by atoms with Gasteiger partial charge in [0.1, 0.15) is 0 Å². The van der Waals surface area contributed by atoms with E-state index in [9.17, 15) is 0 Å². The van der Waals surface area contributed by atoms with Crippen molar-refractivity contribution in [3.63, 3.8) is 0 Å². The molecule has 0 amide bonds. The average molecular weight is 330 g/mol. The fourth-order valence-corrected chi connectivity index (χ4v) is 3.98. The molecule has 0 fully saturated rings. The molecule has 1 aromatic carbocycles. The first-order chi connectivity index (χ1) is 10.7. The van der Waals surface area contributed by atoms with Crippen LogP contribution in [0.15, 0.2) is 47.2 Å². The Hall–Kier alpha value is -1.66. The third-order valence-electron chi connectivity index (χ3n) is 3.47. The number of aromatic nitrogens is 4. The highest BCUT2D eigenvalue weighted by Crippen LogP contribution is 2.27. The molecule has 0 aliphatic carbocycles. The van der Waals surface area contributed by atoms with Gasteiger partial charge in [-0.1, -0.05) is 35.7 Å². The van der Waals surface area contributed by atoms with E-state index in [4.69, 9.17) is 0 Å². The molecule has 4 nitrogen and oxygen atoms in total. The molecule has 114 valence electrons. The lowest BCUT2D eigenvalue weighted by atomic mass is 10.0. The number of benzene rings is 1. The van der Waals surface area contributed by atoms with E-state index in [1.807, 2.05) is 12.4 Å². The summed E-state index contributed by atoms with van der Waals surface area (Å²) in [6.07, 6.45) is 7.29. The zero-order valence-electron chi connectivity index (χ0n) is 12.6. The molecule has 0 saturated heterocycles. The quantitative estimate of drug-likeness (QED) is 0.660. The Labute approximate surface area is 138 Å². The maximum atomic E-state index is 4.25. The normalized spacial score (nSPS) is 11.0. The number of hydrogen-bond donors (Lipinski definition) is 2. The molecular weight excluding hydrogens is 312 g/mol. The highest BCUT2D eigenvalue weighted by molar-refractivity contribution is 7.98. The van der Waals surface area contributed by atoms with Crippen LogP contribution in [0.4, 0.5) is 0 Å². The minimum atomic E-state index is 0.936. The first-order valence-corrected chi connectivity index (χ1v) is 9.03. The molecule has 0 bridgehead atoms. The number of hydrogen-bond acceptors (Lipinski definition) is 4. The SMILES string of the molecule is Cc1cc(CSc2ncc[nH]2)c(C)cc1CSc1ncc[nH]1. The van der Waals surface area contributed by atoms with Crippen LogP contribution in [0, 0.1) is 13.8 Å². The third kappa shape index (κ3) is 3.75. The zero-order chi connectivity index (χ0) is 15.4. The molecule has 2 heterocycles. The van der Waals surface area contributed by atoms with Gasteiger partial charge >= 0.3 is 0 Å². The Morgan fingerprint density at radius 2 is 1.27 bits per heavy atom.